The highest BCUT2D eigenvalue weighted by Crippen LogP contribution is 2.28. The van der Waals surface area contributed by atoms with Crippen LogP contribution in [0.2, 0.25) is 0 Å². The summed E-state index contributed by atoms with van der Waals surface area (Å²) in [7, 11) is 2.10. The third kappa shape index (κ3) is 4.54. The van der Waals surface area contributed by atoms with E-state index in [0.717, 1.165) is 31.0 Å². The predicted octanol–water partition coefficient (Wildman–Crippen LogP) is 2.28. The van der Waals surface area contributed by atoms with Crippen LogP contribution in [0.1, 0.15) is 32.9 Å². The molecule has 5 rings (SSSR count). The van der Waals surface area contributed by atoms with Gasteiger partial charge in [-0.3, -0.25) is 4.79 Å². The summed E-state index contributed by atoms with van der Waals surface area (Å²) in [5.74, 6) is 0.0601. The zero-order valence-electron chi connectivity index (χ0n) is 20.8. The number of amides is 1. The van der Waals surface area contributed by atoms with E-state index in [-0.39, 0.29) is 17.6 Å². The number of nitrogens with one attached hydrogen (secondary N) is 1. The highest BCUT2D eigenvalue weighted by Gasteiger charge is 2.35. The number of imidazole rings is 1. The Morgan fingerprint density at radius 2 is 1.94 bits per heavy atom. The number of piperazine rings is 1. The van der Waals surface area contributed by atoms with Crippen LogP contribution in [0.3, 0.4) is 0 Å². The number of hydrogen-bond donors (Lipinski definition) is 1. The lowest BCUT2D eigenvalue weighted by Crippen LogP contribution is -2.50. The van der Waals surface area contributed by atoms with Gasteiger partial charge in [-0.1, -0.05) is 6.07 Å². The Kier molecular flexibility index (Phi) is 6.08. The minimum atomic E-state index is -0.614. The largest absolute Gasteiger partial charge is 0.353 e. The van der Waals surface area contributed by atoms with E-state index in [2.05, 4.69) is 44.0 Å². The Balaban J connectivity index is 1.28. The monoisotopic (exact) mass is 480 g/mol. The van der Waals surface area contributed by atoms with Crippen LogP contribution in [0.25, 0.3) is 5.65 Å². The number of carbonyl (C=O) groups excluding carboxylic acids is 1. The van der Waals surface area contributed by atoms with Gasteiger partial charge in [0.15, 0.2) is 11.6 Å². The highest BCUT2D eigenvalue weighted by atomic mass is 19.1. The van der Waals surface area contributed by atoms with Crippen molar-refractivity contribution in [2.75, 3.05) is 49.6 Å². The second-order valence-electron chi connectivity index (χ2n) is 10.2. The van der Waals surface area contributed by atoms with E-state index < -0.39 is 11.4 Å². The van der Waals surface area contributed by atoms with Crippen molar-refractivity contribution in [1.29, 1.82) is 0 Å². The molecule has 10 heteroatoms. The molecule has 0 spiro atoms. The molecule has 0 aliphatic carbocycles. The molecule has 2 aliphatic heterocycles. The van der Waals surface area contributed by atoms with E-state index >= 15 is 0 Å². The smallest absolute Gasteiger partial charge is 0.227 e. The molecule has 0 aromatic carbocycles. The first-order valence-corrected chi connectivity index (χ1v) is 12.2. The van der Waals surface area contributed by atoms with E-state index in [4.69, 9.17) is 0 Å². The average molecular weight is 481 g/mol. The SMILES string of the molecule is C[C@@H]1CN(c2ncc(F)c(N3CCC(C(=O)NC(C)(C)c4cnc5ccccn45)C3)n2)CCN1C. The molecule has 0 radical (unpaired) electrons. The molecule has 2 saturated heterocycles. The Labute approximate surface area is 205 Å². The first kappa shape index (κ1) is 23.5. The number of rotatable bonds is 5. The van der Waals surface area contributed by atoms with E-state index in [9.17, 15) is 9.18 Å². The van der Waals surface area contributed by atoms with Gasteiger partial charge in [0.2, 0.25) is 11.9 Å². The molecule has 3 aromatic rings. The number of halogens is 1. The second-order valence-corrected chi connectivity index (χ2v) is 10.2. The van der Waals surface area contributed by atoms with Gasteiger partial charge in [0.05, 0.1) is 29.5 Å². The molecule has 2 atom stereocenters. The van der Waals surface area contributed by atoms with Gasteiger partial charge in [0, 0.05) is 45.0 Å². The van der Waals surface area contributed by atoms with Gasteiger partial charge >= 0.3 is 0 Å². The lowest BCUT2D eigenvalue weighted by molar-refractivity contribution is -0.126. The predicted molar refractivity (Wildman–Crippen MR) is 133 cm³/mol. The zero-order valence-corrected chi connectivity index (χ0v) is 20.8. The van der Waals surface area contributed by atoms with Crippen molar-refractivity contribution in [3.8, 4) is 0 Å². The van der Waals surface area contributed by atoms with Gasteiger partial charge in [0.1, 0.15) is 5.65 Å². The summed E-state index contributed by atoms with van der Waals surface area (Å²) in [6, 6.07) is 6.19. The fraction of sp³-hybridized carbons (Fsp3) is 0.520. The summed E-state index contributed by atoms with van der Waals surface area (Å²) >= 11 is 0. The topological polar surface area (TPSA) is 81.9 Å². The van der Waals surface area contributed by atoms with Crippen LogP contribution >= 0.6 is 0 Å². The van der Waals surface area contributed by atoms with Crippen molar-refractivity contribution in [2.45, 2.75) is 38.8 Å². The van der Waals surface area contributed by atoms with Gasteiger partial charge in [-0.05, 0) is 46.4 Å². The molecule has 186 valence electrons. The van der Waals surface area contributed by atoms with Gasteiger partial charge in [-0.25, -0.2) is 14.4 Å². The minimum absolute atomic E-state index is 0.0500. The van der Waals surface area contributed by atoms with Crippen LogP contribution in [-0.4, -0.2) is 76.0 Å². The lowest BCUT2D eigenvalue weighted by atomic mass is 9.98. The van der Waals surface area contributed by atoms with Crippen molar-refractivity contribution in [3.05, 3.63) is 48.3 Å². The molecule has 2 aliphatic rings. The maximum absolute atomic E-state index is 14.8. The number of nitrogens with zero attached hydrogens (tertiary/aromatic N) is 7. The Morgan fingerprint density at radius 1 is 1.11 bits per heavy atom. The summed E-state index contributed by atoms with van der Waals surface area (Å²) in [5.41, 5.74) is 1.13. The number of hydrogen-bond acceptors (Lipinski definition) is 7. The first-order chi connectivity index (χ1) is 16.7. The maximum atomic E-state index is 14.8. The van der Waals surface area contributed by atoms with Crippen molar-refractivity contribution in [2.24, 2.45) is 5.92 Å². The normalized spacial score (nSPS) is 21.6. The van der Waals surface area contributed by atoms with Gasteiger partial charge in [-0.15, -0.1) is 0 Å². The quantitative estimate of drug-likeness (QED) is 0.600. The molecule has 2 fully saturated rings. The number of pyridine rings is 1. The van der Waals surface area contributed by atoms with Gasteiger partial charge < -0.3 is 24.4 Å². The summed E-state index contributed by atoms with van der Waals surface area (Å²) in [4.78, 5) is 32.8. The Bertz CT molecular complexity index is 1230. The summed E-state index contributed by atoms with van der Waals surface area (Å²) in [5, 5.41) is 3.19. The zero-order chi connectivity index (χ0) is 24.7. The third-order valence-electron chi connectivity index (χ3n) is 7.31. The number of likely N-dealkylation sites (N-methyl/N-ethyl adjacent to an activating group) is 1. The average Bonchev–Trinajstić information content (AvgIpc) is 3.49. The molecule has 1 N–H and O–H groups in total. The van der Waals surface area contributed by atoms with Crippen LogP contribution < -0.4 is 15.1 Å². The molecule has 1 unspecified atom stereocenters. The fourth-order valence-electron chi connectivity index (χ4n) is 4.99. The van der Waals surface area contributed by atoms with Gasteiger partial charge in [0.25, 0.3) is 0 Å². The Hall–Kier alpha value is -3.27. The molecule has 5 heterocycles. The highest BCUT2D eigenvalue weighted by molar-refractivity contribution is 5.81. The molecule has 0 saturated carbocycles. The minimum Gasteiger partial charge on any atom is -0.353 e. The van der Waals surface area contributed by atoms with E-state index in [0.29, 0.717) is 31.5 Å². The molecular weight excluding hydrogens is 447 g/mol. The van der Waals surface area contributed by atoms with Crippen molar-refractivity contribution >= 4 is 23.3 Å². The van der Waals surface area contributed by atoms with Crippen LogP contribution in [0.5, 0.6) is 0 Å². The van der Waals surface area contributed by atoms with Crippen LogP contribution in [0.4, 0.5) is 16.2 Å². The van der Waals surface area contributed by atoms with Crippen LogP contribution in [0.15, 0.2) is 36.8 Å². The van der Waals surface area contributed by atoms with Crippen LogP contribution in [0, 0.1) is 11.7 Å². The fourth-order valence-corrected chi connectivity index (χ4v) is 4.99. The third-order valence-corrected chi connectivity index (χ3v) is 7.31. The molecule has 1 amide bonds. The maximum Gasteiger partial charge on any atom is 0.227 e. The molecule has 35 heavy (non-hydrogen) atoms. The summed E-state index contributed by atoms with van der Waals surface area (Å²) in [6.45, 7) is 9.60. The number of carbonyl (C=O) groups is 1. The Morgan fingerprint density at radius 3 is 2.74 bits per heavy atom. The summed E-state index contributed by atoms with van der Waals surface area (Å²) in [6.07, 6.45) is 5.63. The van der Waals surface area contributed by atoms with Crippen molar-refractivity contribution < 1.29 is 9.18 Å². The van der Waals surface area contributed by atoms with E-state index in [1.54, 1.807) is 6.20 Å². The lowest BCUT2D eigenvalue weighted by Gasteiger charge is -2.37. The molecule has 9 nitrogen and oxygen atoms in total. The first-order valence-electron chi connectivity index (χ1n) is 12.2. The summed E-state index contributed by atoms with van der Waals surface area (Å²) < 4.78 is 16.7. The van der Waals surface area contributed by atoms with E-state index in [1.165, 1.54) is 6.20 Å². The number of aromatic nitrogens is 4. The molecule has 0 bridgehead atoms. The van der Waals surface area contributed by atoms with Crippen molar-refractivity contribution in [1.82, 2.24) is 29.6 Å². The molecule has 3 aromatic heterocycles. The van der Waals surface area contributed by atoms with Gasteiger partial charge in [-0.2, -0.15) is 4.98 Å². The van der Waals surface area contributed by atoms with Crippen molar-refractivity contribution in [3.63, 3.8) is 0 Å². The van der Waals surface area contributed by atoms with E-state index in [1.807, 2.05) is 47.5 Å². The number of anilines is 2. The van der Waals surface area contributed by atoms with Crippen LogP contribution in [-0.2, 0) is 10.3 Å². The second kappa shape index (κ2) is 9.07. The molecular formula is C25H33FN8O. The standard InChI is InChI=1S/C25H33FN8O/c1-17-15-33(12-11-31(17)4)24-28-13-19(26)22(29-24)32-10-8-18(16-32)23(35)30-25(2,3)20-14-27-21-7-5-6-9-34(20)21/h5-7,9,13-14,17-18H,8,10-12,15-16H2,1-4H3,(H,30,35)/t17-,18?/m1/s1. The number of fused-ring (bicyclic) bond motifs is 1.